The van der Waals surface area contributed by atoms with Gasteiger partial charge in [-0.1, -0.05) is 0 Å². The molecule has 0 bridgehead atoms. The zero-order valence-corrected chi connectivity index (χ0v) is 14.2. The molecular formula is C16H16N6O3. The van der Waals surface area contributed by atoms with Crippen molar-refractivity contribution in [3.05, 3.63) is 45.1 Å². The minimum atomic E-state index is -0.403. The summed E-state index contributed by atoms with van der Waals surface area (Å²) in [6, 6.07) is 7.35. The molecule has 128 valence electrons. The highest BCUT2D eigenvalue weighted by atomic mass is 16.5. The summed E-state index contributed by atoms with van der Waals surface area (Å²) in [6.07, 6.45) is 0. The molecule has 25 heavy (non-hydrogen) atoms. The highest BCUT2D eigenvalue weighted by Crippen LogP contribution is 2.25. The Morgan fingerprint density at radius 2 is 1.60 bits per heavy atom. The van der Waals surface area contributed by atoms with Gasteiger partial charge in [0.1, 0.15) is 5.75 Å². The van der Waals surface area contributed by atoms with Gasteiger partial charge in [0.2, 0.25) is 5.78 Å². The predicted octanol–water partition coefficient (Wildman–Crippen LogP) is 0.294. The number of rotatable bonds is 2. The minimum absolute atomic E-state index is 0.369. The summed E-state index contributed by atoms with van der Waals surface area (Å²) >= 11 is 0. The fourth-order valence-electron chi connectivity index (χ4n) is 3.08. The average Bonchev–Trinajstić information content (AvgIpc) is 3.17. The summed E-state index contributed by atoms with van der Waals surface area (Å²) in [4.78, 5) is 24.9. The van der Waals surface area contributed by atoms with Crippen molar-refractivity contribution in [3.8, 4) is 17.1 Å². The van der Waals surface area contributed by atoms with E-state index in [1.807, 2.05) is 24.3 Å². The van der Waals surface area contributed by atoms with Gasteiger partial charge in [0.15, 0.2) is 17.0 Å². The highest BCUT2D eigenvalue weighted by molar-refractivity contribution is 5.79. The van der Waals surface area contributed by atoms with Crippen molar-refractivity contribution in [3.63, 3.8) is 0 Å². The normalized spacial score (nSPS) is 11.5. The second kappa shape index (κ2) is 5.07. The number of ether oxygens (including phenoxy) is 1. The fraction of sp³-hybridized carbons (Fsp3) is 0.250. The van der Waals surface area contributed by atoms with Crippen LogP contribution in [0.2, 0.25) is 0 Å². The smallest absolute Gasteiger partial charge is 0.332 e. The molecule has 0 spiro atoms. The first-order valence-electron chi connectivity index (χ1n) is 7.59. The van der Waals surface area contributed by atoms with Crippen molar-refractivity contribution in [1.82, 2.24) is 28.3 Å². The third kappa shape index (κ3) is 1.89. The maximum atomic E-state index is 12.6. The summed E-state index contributed by atoms with van der Waals surface area (Å²) in [5.41, 5.74) is 0.880. The van der Waals surface area contributed by atoms with Crippen molar-refractivity contribution in [2.24, 2.45) is 21.1 Å². The molecule has 0 radical (unpaired) electrons. The molecule has 0 aliphatic rings. The summed E-state index contributed by atoms with van der Waals surface area (Å²) in [7, 11) is 6.42. The van der Waals surface area contributed by atoms with E-state index < -0.39 is 5.69 Å². The standard InChI is InChI=1S/C16H16N6O3/c1-19-11-13(20(2)16(24)21(3)14(11)23)22-12(17-18-15(19)22)9-5-7-10(25-4)8-6-9/h5-8H,1-4H3. The Labute approximate surface area is 141 Å². The van der Waals surface area contributed by atoms with Gasteiger partial charge in [-0.2, -0.15) is 0 Å². The molecule has 4 aromatic rings. The summed E-state index contributed by atoms with van der Waals surface area (Å²) in [5.74, 6) is 1.76. The molecule has 0 atom stereocenters. The number of fused-ring (bicyclic) bond motifs is 3. The molecule has 0 saturated heterocycles. The fourth-order valence-corrected chi connectivity index (χ4v) is 3.08. The predicted molar refractivity (Wildman–Crippen MR) is 91.9 cm³/mol. The van der Waals surface area contributed by atoms with Crippen LogP contribution < -0.4 is 16.0 Å². The van der Waals surface area contributed by atoms with Crippen LogP contribution in [0, 0.1) is 0 Å². The van der Waals surface area contributed by atoms with Gasteiger partial charge < -0.3 is 9.30 Å². The average molecular weight is 340 g/mol. The third-order valence-corrected chi connectivity index (χ3v) is 4.45. The van der Waals surface area contributed by atoms with Gasteiger partial charge in [-0.3, -0.25) is 13.9 Å². The lowest BCUT2D eigenvalue weighted by Crippen LogP contribution is -2.37. The van der Waals surface area contributed by atoms with E-state index in [0.29, 0.717) is 22.8 Å². The van der Waals surface area contributed by atoms with Gasteiger partial charge in [0.25, 0.3) is 5.56 Å². The number of aromatic nitrogens is 6. The number of hydrogen-bond donors (Lipinski definition) is 0. The summed E-state index contributed by atoms with van der Waals surface area (Å²) < 4.78 is 11.1. The quantitative estimate of drug-likeness (QED) is 0.523. The molecule has 3 heterocycles. The Hall–Kier alpha value is -3.36. The monoisotopic (exact) mass is 340 g/mol. The Morgan fingerprint density at radius 1 is 0.920 bits per heavy atom. The maximum Gasteiger partial charge on any atom is 0.332 e. The van der Waals surface area contributed by atoms with Crippen LogP contribution in [0.15, 0.2) is 33.9 Å². The maximum absolute atomic E-state index is 12.6. The van der Waals surface area contributed by atoms with E-state index in [0.717, 1.165) is 15.9 Å². The van der Waals surface area contributed by atoms with E-state index in [1.54, 1.807) is 30.2 Å². The van der Waals surface area contributed by atoms with E-state index in [1.165, 1.54) is 11.6 Å². The molecule has 3 aromatic heterocycles. The molecule has 9 nitrogen and oxygen atoms in total. The van der Waals surface area contributed by atoms with Gasteiger partial charge in [-0.05, 0) is 24.3 Å². The van der Waals surface area contributed by atoms with Crippen LogP contribution in [-0.4, -0.2) is 35.4 Å². The van der Waals surface area contributed by atoms with E-state index in [9.17, 15) is 9.59 Å². The van der Waals surface area contributed by atoms with Crippen LogP contribution in [0.3, 0.4) is 0 Å². The Morgan fingerprint density at radius 3 is 2.24 bits per heavy atom. The lowest BCUT2D eigenvalue weighted by molar-refractivity contribution is 0.415. The van der Waals surface area contributed by atoms with E-state index in [-0.39, 0.29) is 5.56 Å². The molecule has 9 heteroatoms. The van der Waals surface area contributed by atoms with E-state index >= 15 is 0 Å². The Balaban J connectivity index is 2.17. The number of hydrogen-bond acceptors (Lipinski definition) is 5. The second-order valence-electron chi connectivity index (χ2n) is 5.82. The third-order valence-electron chi connectivity index (χ3n) is 4.45. The van der Waals surface area contributed by atoms with Gasteiger partial charge in [0, 0.05) is 26.7 Å². The number of methoxy groups -OCH3 is 1. The number of imidazole rings is 1. The van der Waals surface area contributed by atoms with Crippen LogP contribution in [0.5, 0.6) is 5.75 Å². The highest BCUT2D eigenvalue weighted by Gasteiger charge is 2.22. The number of nitrogens with zero attached hydrogens (tertiary/aromatic N) is 6. The van der Waals surface area contributed by atoms with Crippen LogP contribution in [0.25, 0.3) is 28.3 Å². The van der Waals surface area contributed by atoms with Crippen LogP contribution in [0.4, 0.5) is 0 Å². The van der Waals surface area contributed by atoms with Crippen molar-refractivity contribution in [2.45, 2.75) is 0 Å². The first kappa shape index (κ1) is 15.2. The number of aryl methyl sites for hydroxylation is 2. The lowest BCUT2D eigenvalue weighted by atomic mass is 10.2. The largest absolute Gasteiger partial charge is 0.497 e. The topological polar surface area (TPSA) is 88.3 Å². The lowest BCUT2D eigenvalue weighted by Gasteiger charge is -2.06. The molecule has 0 N–H and O–H groups in total. The molecule has 0 unspecified atom stereocenters. The molecular weight excluding hydrogens is 324 g/mol. The van der Waals surface area contributed by atoms with Gasteiger partial charge >= 0.3 is 5.69 Å². The molecule has 0 amide bonds. The summed E-state index contributed by atoms with van der Waals surface area (Å²) in [5, 5.41) is 8.44. The zero-order chi connectivity index (χ0) is 17.9. The first-order valence-corrected chi connectivity index (χ1v) is 7.59. The molecule has 0 fully saturated rings. The second-order valence-corrected chi connectivity index (χ2v) is 5.82. The van der Waals surface area contributed by atoms with Crippen molar-refractivity contribution < 1.29 is 4.74 Å². The SMILES string of the molecule is COc1ccc(-c2nnc3n(C)c4c(=O)n(C)c(=O)n(C)c4n23)cc1. The van der Waals surface area contributed by atoms with Crippen LogP contribution in [0.1, 0.15) is 0 Å². The summed E-state index contributed by atoms with van der Waals surface area (Å²) in [6.45, 7) is 0. The Bertz CT molecular complexity index is 1240. The van der Waals surface area contributed by atoms with E-state index in [2.05, 4.69) is 10.2 Å². The van der Waals surface area contributed by atoms with Gasteiger partial charge in [-0.15, -0.1) is 10.2 Å². The van der Waals surface area contributed by atoms with E-state index in [4.69, 9.17) is 4.74 Å². The van der Waals surface area contributed by atoms with Crippen molar-refractivity contribution in [1.29, 1.82) is 0 Å². The molecule has 0 saturated carbocycles. The molecule has 1 aromatic carbocycles. The van der Waals surface area contributed by atoms with Crippen LogP contribution in [-0.2, 0) is 21.1 Å². The molecule has 0 aliphatic heterocycles. The number of benzene rings is 1. The van der Waals surface area contributed by atoms with Gasteiger partial charge in [0.05, 0.1) is 7.11 Å². The van der Waals surface area contributed by atoms with Crippen LogP contribution >= 0.6 is 0 Å². The molecule has 0 aliphatic carbocycles. The van der Waals surface area contributed by atoms with Crippen molar-refractivity contribution >= 4 is 16.9 Å². The Kier molecular flexibility index (Phi) is 3.08. The minimum Gasteiger partial charge on any atom is -0.497 e. The zero-order valence-electron chi connectivity index (χ0n) is 14.2. The van der Waals surface area contributed by atoms with Gasteiger partial charge in [-0.25, -0.2) is 9.20 Å². The van der Waals surface area contributed by atoms with Crippen molar-refractivity contribution in [2.75, 3.05) is 7.11 Å². The molecule has 4 rings (SSSR count). The first-order chi connectivity index (χ1) is 12.0.